The summed E-state index contributed by atoms with van der Waals surface area (Å²) in [5.41, 5.74) is 7.09. The van der Waals surface area contributed by atoms with E-state index in [0.29, 0.717) is 6.42 Å². The van der Waals surface area contributed by atoms with Crippen LogP contribution in [-0.4, -0.2) is 35.6 Å². The monoisotopic (exact) mass is 502 g/mol. The van der Waals surface area contributed by atoms with Crippen molar-refractivity contribution in [1.29, 1.82) is 0 Å². The highest BCUT2D eigenvalue weighted by molar-refractivity contribution is 8.03. The van der Waals surface area contributed by atoms with Gasteiger partial charge in [0.2, 0.25) is 11.8 Å². The average Bonchev–Trinajstić information content (AvgIpc) is 3.04. The minimum Gasteiger partial charge on any atom is -0.356 e. The van der Waals surface area contributed by atoms with Crippen molar-refractivity contribution in [3.05, 3.63) is 89.0 Å². The Bertz CT molecular complexity index is 1180. The minimum atomic E-state index is -0.954. The summed E-state index contributed by atoms with van der Waals surface area (Å²) < 4.78 is 0. The van der Waals surface area contributed by atoms with Gasteiger partial charge in [-0.25, -0.2) is 4.99 Å². The fourth-order valence-corrected chi connectivity index (χ4v) is 5.41. The number of allylic oxidation sites excluding steroid dienone is 2. The van der Waals surface area contributed by atoms with Crippen molar-refractivity contribution in [1.82, 2.24) is 15.8 Å². The van der Waals surface area contributed by atoms with Gasteiger partial charge in [0, 0.05) is 34.9 Å². The molecule has 6 nitrogen and oxygen atoms in total. The number of carbonyl (C=O) groups excluding carboxylic acids is 2. The van der Waals surface area contributed by atoms with E-state index in [0.717, 1.165) is 53.5 Å². The lowest BCUT2D eigenvalue weighted by Gasteiger charge is -2.31. The number of hydrazine groups is 1. The summed E-state index contributed by atoms with van der Waals surface area (Å²) in [6.45, 7) is 9.80. The molecule has 1 atom stereocenters. The molecule has 1 unspecified atom stereocenters. The highest BCUT2D eigenvalue weighted by Crippen LogP contribution is 2.40. The standard InChI is InChI=1S/C29H34N4O2S/c1-4-29(3,28(35)32-31-26(34)19-22-13-7-5-8-14-22)20-24-21(2)36-25-16-10-9-15-23(25)27(30-24)33-17-11-6-12-18-33/h4-5,7-10,13-16H,1,6,11-12,17-20H2,2-3H3,(H,31,34)(H,32,35). The van der Waals surface area contributed by atoms with Crippen LogP contribution in [0.5, 0.6) is 0 Å². The first kappa shape index (κ1) is 25.8. The molecule has 2 heterocycles. The maximum absolute atomic E-state index is 13.2. The number of fused-ring (bicyclic) bond motifs is 1. The molecule has 0 aromatic heterocycles. The Hall–Kier alpha value is -3.32. The highest BCUT2D eigenvalue weighted by atomic mass is 32.2. The third kappa shape index (κ3) is 6.08. The van der Waals surface area contributed by atoms with Crippen LogP contribution in [0.15, 0.2) is 87.7 Å². The normalized spacial score (nSPS) is 17.3. The molecule has 2 aromatic rings. The molecule has 2 aliphatic rings. The molecule has 4 rings (SSSR count). The van der Waals surface area contributed by atoms with Crippen molar-refractivity contribution in [3.8, 4) is 0 Å². The molecule has 2 aliphatic heterocycles. The molecule has 0 radical (unpaired) electrons. The lowest BCUT2D eigenvalue weighted by atomic mass is 9.84. The predicted molar refractivity (Wildman–Crippen MR) is 146 cm³/mol. The first-order valence-corrected chi connectivity index (χ1v) is 13.3. The summed E-state index contributed by atoms with van der Waals surface area (Å²) in [4.78, 5) is 35.4. The van der Waals surface area contributed by atoms with Crippen LogP contribution in [0.3, 0.4) is 0 Å². The van der Waals surface area contributed by atoms with E-state index in [4.69, 9.17) is 4.99 Å². The number of amidine groups is 1. The van der Waals surface area contributed by atoms with Crippen LogP contribution in [0, 0.1) is 5.41 Å². The summed E-state index contributed by atoms with van der Waals surface area (Å²) in [7, 11) is 0. The van der Waals surface area contributed by atoms with Crippen LogP contribution < -0.4 is 10.9 Å². The van der Waals surface area contributed by atoms with Gasteiger partial charge in [0.1, 0.15) is 5.84 Å². The quantitative estimate of drug-likeness (QED) is 0.419. The van der Waals surface area contributed by atoms with E-state index in [-0.39, 0.29) is 18.2 Å². The number of rotatable bonds is 6. The molecule has 36 heavy (non-hydrogen) atoms. The zero-order chi connectivity index (χ0) is 25.5. The zero-order valence-electron chi connectivity index (χ0n) is 21.0. The third-order valence-corrected chi connectivity index (χ3v) is 7.84. The molecule has 1 saturated heterocycles. The number of benzene rings is 2. The molecule has 1 fully saturated rings. The fourth-order valence-electron chi connectivity index (χ4n) is 4.43. The first-order chi connectivity index (χ1) is 17.4. The number of aliphatic imine (C=N–C) groups is 1. The molecular weight excluding hydrogens is 468 g/mol. The Balaban J connectivity index is 1.52. The number of nitrogens with zero attached hydrogens (tertiary/aromatic N) is 2. The third-order valence-electron chi connectivity index (χ3n) is 6.72. The Morgan fingerprint density at radius 3 is 2.47 bits per heavy atom. The van der Waals surface area contributed by atoms with Gasteiger partial charge in [-0.1, -0.05) is 66.4 Å². The number of thioether (sulfide) groups is 1. The maximum atomic E-state index is 13.2. The van der Waals surface area contributed by atoms with Gasteiger partial charge in [0.25, 0.3) is 0 Å². The number of hydrogen-bond acceptors (Lipinski definition) is 5. The van der Waals surface area contributed by atoms with Gasteiger partial charge in [-0.15, -0.1) is 6.58 Å². The Labute approximate surface area is 217 Å². The number of hydrogen-bond donors (Lipinski definition) is 2. The highest BCUT2D eigenvalue weighted by Gasteiger charge is 2.33. The van der Waals surface area contributed by atoms with E-state index >= 15 is 0 Å². The van der Waals surface area contributed by atoms with Gasteiger partial charge in [-0.05, 0) is 44.7 Å². The van der Waals surface area contributed by atoms with Gasteiger partial charge in [-0.2, -0.15) is 0 Å². The smallest absolute Gasteiger partial charge is 0.248 e. The second kappa shape index (κ2) is 11.6. The summed E-state index contributed by atoms with van der Waals surface area (Å²) in [5, 5.41) is 0. The summed E-state index contributed by atoms with van der Waals surface area (Å²) in [6.07, 6.45) is 5.76. The molecule has 2 amide bonds. The van der Waals surface area contributed by atoms with E-state index < -0.39 is 5.41 Å². The van der Waals surface area contributed by atoms with Crippen LogP contribution in [-0.2, 0) is 16.0 Å². The van der Waals surface area contributed by atoms with Crippen LogP contribution in [0.2, 0.25) is 0 Å². The molecule has 2 aromatic carbocycles. The van der Waals surface area contributed by atoms with E-state index in [1.807, 2.05) is 37.3 Å². The number of likely N-dealkylation sites (tertiary alicyclic amines) is 1. The number of piperidine rings is 1. The summed E-state index contributed by atoms with van der Waals surface area (Å²) in [6, 6.07) is 17.8. The Morgan fingerprint density at radius 2 is 1.75 bits per heavy atom. The van der Waals surface area contributed by atoms with Gasteiger partial charge < -0.3 is 4.90 Å². The van der Waals surface area contributed by atoms with Crippen molar-refractivity contribution in [3.63, 3.8) is 0 Å². The predicted octanol–water partition coefficient (Wildman–Crippen LogP) is 5.23. The van der Waals surface area contributed by atoms with E-state index in [1.165, 1.54) is 11.3 Å². The van der Waals surface area contributed by atoms with Crippen LogP contribution in [0.25, 0.3) is 0 Å². The van der Waals surface area contributed by atoms with Gasteiger partial charge >= 0.3 is 0 Å². The average molecular weight is 503 g/mol. The fraction of sp³-hybridized carbons (Fsp3) is 0.345. The van der Waals surface area contributed by atoms with Crippen molar-refractivity contribution in [2.24, 2.45) is 10.4 Å². The zero-order valence-corrected chi connectivity index (χ0v) is 21.9. The second-order valence-corrected chi connectivity index (χ2v) is 10.8. The molecule has 7 heteroatoms. The van der Waals surface area contributed by atoms with Gasteiger partial charge in [0.05, 0.1) is 17.5 Å². The number of amides is 2. The first-order valence-electron chi connectivity index (χ1n) is 12.5. The summed E-state index contributed by atoms with van der Waals surface area (Å²) in [5.74, 6) is 0.385. The summed E-state index contributed by atoms with van der Waals surface area (Å²) >= 11 is 1.69. The van der Waals surface area contributed by atoms with E-state index in [1.54, 1.807) is 17.8 Å². The van der Waals surface area contributed by atoms with Crippen LogP contribution in [0.1, 0.15) is 50.7 Å². The lowest BCUT2D eigenvalue weighted by molar-refractivity contribution is -0.133. The molecule has 0 bridgehead atoms. The SMILES string of the molecule is C=CC(C)(CC1=C(C)Sc2ccccc2C(N2CCCCC2)=N1)C(=O)NNC(=O)Cc1ccccc1. The number of carbonyl (C=O) groups is 2. The molecule has 0 saturated carbocycles. The Kier molecular flexibility index (Phi) is 8.31. The molecule has 0 spiro atoms. The van der Waals surface area contributed by atoms with Crippen molar-refractivity contribution in [2.45, 2.75) is 50.8 Å². The molecule has 0 aliphatic carbocycles. The van der Waals surface area contributed by atoms with Gasteiger partial charge in [0.15, 0.2) is 0 Å². The Morgan fingerprint density at radius 1 is 1.06 bits per heavy atom. The number of nitrogens with one attached hydrogen (secondary N) is 2. The molecule has 2 N–H and O–H groups in total. The topological polar surface area (TPSA) is 73.8 Å². The van der Waals surface area contributed by atoms with Crippen LogP contribution >= 0.6 is 11.8 Å². The van der Waals surface area contributed by atoms with Crippen molar-refractivity contribution < 1.29 is 9.59 Å². The lowest BCUT2D eigenvalue weighted by Crippen LogP contribution is -2.48. The molecule has 188 valence electrons. The largest absolute Gasteiger partial charge is 0.356 e. The minimum absolute atomic E-state index is 0.189. The van der Waals surface area contributed by atoms with Crippen LogP contribution in [0.4, 0.5) is 0 Å². The van der Waals surface area contributed by atoms with Crippen molar-refractivity contribution in [2.75, 3.05) is 13.1 Å². The maximum Gasteiger partial charge on any atom is 0.248 e. The van der Waals surface area contributed by atoms with E-state index in [9.17, 15) is 9.59 Å². The van der Waals surface area contributed by atoms with Gasteiger partial charge in [-0.3, -0.25) is 20.4 Å². The van der Waals surface area contributed by atoms with Crippen molar-refractivity contribution >= 4 is 29.4 Å². The molecular formula is C29H34N4O2S. The second-order valence-electron chi connectivity index (χ2n) is 9.55. The van der Waals surface area contributed by atoms with E-state index in [2.05, 4.69) is 53.5 Å².